The van der Waals surface area contributed by atoms with E-state index in [2.05, 4.69) is 20.6 Å². The number of alkyl halides is 3. The van der Waals surface area contributed by atoms with E-state index < -0.39 is 17.7 Å². The van der Waals surface area contributed by atoms with Crippen LogP contribution in [0.4, 0.5) is 24.8 Å². The Kier molecular flexibility index (Phi) is 7.39. The highest BCUT2D eigenvalue weighted by atomic mass is 19.4. The van der Waals surface area contributed by atoms with Crippen molar-refractivity contribution in [2.24, 2.45) is 5.92 Å². The van der Waals surface area contributed by atoms with Crippen LogP contribution in [0.1, 0.15) is 54.2 Å². The first-order valence-electron chi connectivity index (χ1n) is 10.5. The van der Waals surface area contributed by atoms with E-state index in [0.29, 0.717) is 18.5 Å². The van der Waals surface area contributed by atoms with Crippen molar-refractivity contribution in [2.45, 2.75) is 51.2 Å². The first-order valence-corrected chi connectivity index (χ1v) is 10.5. The topological polar surface area (TPSA) is 113 Å². The number of aromatic nitrogens is 2. The summed E-state index contributed by atoms with van der Waals surface area (Å²) in [5.41, 5.74) is -0.786. The summed E-state index contributed by atoms with van der Waals surface area (Å²) in [4.78, 5) is 30.7. The zero-order valence-corrected chi connectivity index (χ0v) is 18.2. The van der Waals surface area contributed by atoms with E-state index >= 15 is 0 Å². The molecule has 0 saturated heterocycles. The Morgan fingerprint density at radius 2 is 1.97 bits per heavy atom. The standard InChI is InChI=1S/C22H25F3N4O4/c1-12(30)27-16-6-4-3-5-13(16)9-18-15(22(23,24)25)11-26-21(29-18)28-17-8-7-14(20(31)32)10-19(17)33-2/h7-8,10-11,13,16H,3-6,9H2,1-2H3,(H,27,30)(H,31,32)(H,26,28,29)/t13-,16+/m0/s1. The monoisotopic (exact) mass is 466 g/mol. The number of carboxylic acids is 1. The van der Waals surface area contributed by atoms with Crippen molar-refractivity contribution < 1.29 is 32.6 Å². The Morgan fingerprint density at radius 1 is 1.24 bits per heavy atom. The molecule has 8 nitrogen and oxygen atoms in total. The molecule has 1 saturated carbocycles. The molecule has 1 heterocycles. The van der Waals surface area contributed by atoms with Gasteiger partial charge in [0.2, 0.25) is 11.9 Å². The van der Waals surface area contributed by atoms with Crippen molar-refractivity contribution in [2.75, 3.05) is 12.4 Å². The van der Waals surface area contributed by atoms with Crippen molar-refractivity contribution in [1.29, 1.82) is 0 Å². The molecule has 1 aliphatic rings. The minimum Gasteiger partial charge on any atom is -0.495 e. The van der Waals surface area contributed by atoms with Gasteiger partial charge in [-0.25, -0.2) is 14.8 Å². The number of hydrogen-bond donors (Lipinski definition) is 3. The number of carboxylic acid groups (broad SMARTS) is 1. The number of methoxy groups -OCH3 is 1. The van der Waals surface area contributed by atoms with Gasteiger partial charge in [0.25, 0.3) is 0 Å². The molecule has 2 aromatic rings. The molecule has 1 aromatic carbocycles. The number of rotatable bonds is 7. The summed E-state index contributed by atoms with van der Waals surface area (Å²) in [6, 6.07) is 3.83. The molecule has 0 radical (unpaired) electrons. The third-order valence-electron chi connectivity index (χ3n) is 5.62. The molecule has 33 heavy (non-hydrogen) atoms. The van der Waals surface area contributed by atoms with Gasteiger partial charge in [0.15, 0.2) is 0 Å². The summed E-state index contributed by atoms with van der Waals surface area (Å²) < 4.78 is 46.2. The highest BCUT2D eigenvalue weighted by molar-refractivity contribution is 5.89. The maximum Gasteiger partial charge on any atom is 0.419 e. The van der Waals surface area contributed by atoms with Gasteiger partial charge in [0.05, 0.1) is 29.6 Å². The predicted octanol–water partition coefficient (Wildman–Crippen LogP) is 4.18. The van der Waals surface area contributed by atoms with Crippen LogP contribution in [-0.2, 0) is 17.4 Å². The van der Waals surface area contributed by atoms with Crippen LogP contribution in [0.25, 0.3) is 0 Å². The summed E-state index contributed by atoms with van der Waals surface area (Å²) in [6.45, 7) is 1.39. The van der Waals surface area contributed by atoms with Gasteiger partial charge >= 0.3 is 12.1 Å². The van der Waals surface area contributed by atoms with Gasteiger partial charge in [-0.15, -0.1) is 0 Å². The molecule has 3 rings (SSSR count). The molecule has 1 aromatic heterocycles. The SMILES string of the molecule is COc1cc(C(=O)O)ccc1Nc1ncc(C(F)(F)F)c(C[C@@H]2CCCC[C@H]2NC(C)=O)n1. The van der Waals surface area contributed by atoms with Crippen LogP contribution in [0.2, 0.25) is 0 Å². The van der Waals surface area contributed by atoms with E-state index in [9.17, 15) is 22.8 Å². The largest absolute Gasteiger partial charge is 0.495 e. The quantitative estimate of drug-likeness (QED) is 0.561. The molecular weight excluding hydrogens is 441 g/mol. The zero-order chi connectivity index (χ0) is 24.2. The van der Waals surface area contributed by atoms with E-state index in [1.807, 2.05) is 0 Å². The number of anilines is 2. The van der Waals surface area contributed by atoms with Crippen LogP contribution in [0.5, 0.6) is 5.75 Å². The number of aromatic carboxylic acids is 1. The molecule has 0 spiro atoms. The number of hydrogen-bond acceptors (Lipinski definition) is 6. The number of carbonyl (C=O) groups is 2. The Labute approximate surface area is 188 Å². The van der Waals surface area contributed by atoms with Crippen LogP contribution in [-0.4, -0.2) is 40.1 Å². The van der Waals surface area contributed by atoms with E-state index in [1.165, 1.54) is 32.2 Å². The van der Waals surface area contributed by atoms with Crippen LogP contribution in [0, 0.1) is 5.92 Å². The molecule has 0 aliphatic heterocycles. The van der Waals surface area contributed by atoms with Gasteiger partial charge in [0, 0.05) is 19.2 Å². The number of nitrogens with zero attached hydrogens (tertiary/aromatic N) is 2. The van der Waals surface area contributed by atoms with Crippen LogP contribution in [0.3, 0.4) is 0 Å². The number of ether oxygens (including phenoxy) is 1. The van der Waals surface area contributed by atoms with Crippen LogP contribution in [0.15, 0.2) is 24.4 Å². The maximum absolute atomic E-state index is 13.7. The highest BCUT2D eigenvalue weighted by Crippen LogP contribution is 2.35. The van der Waals surface area contributed by atoms with Gasteiger partial charge in [-0.1, -0.05) is 12.8 Å². The molecule has 11 heteroatoms. The number of benzene rings is 1. The second-order valence-corrected chi connectivity index (χ2v) is 7.95. The Balaban J connectivity index is 1.92. The number of carbonyl (C=O) groups excluding carboxylic acids is 1. The predicted molar refractivity (Wildman–Crippen MR) is 114 cm³/mol. The Bertz CT molecular complexity index is 1030. The lowest BCUT2D eigenvalue weighted by Gasteiger charge is -2.32. The average molecular weight is 466 g/mol. The minimum atomic E-state index is -4.63. The molecule has 178 valence electrons. The first-order chi connectivity index (χ1) is 15.6. The number of nitrogens with one attached hydrogen (secondary N) is 2. The van der Waals surface area contributed by atoms with Crippen LogP contribution < -0.4 is 15.4 Å². The summed E-state index contributed by atoms with van der Waals surface area (Å²) >= 11 is 0. The van der Waals surface area contributed by atoms with Gasteiger partial charge in [0.1, 0.15) is 5.75 Å². The second-order valence-electron chi connectivity index (χ2n) is 7.95. The lowest BCUT2D eigenvalue weighted by molar-refractivity contribution is -0.139. The van der Waals surface area contributed by atoms with E-state index in [1.54, 1.807) is 0 Å². The minimum absolute atomic E-state index is 0.00672. The van der Waals surface area contributed by atoms with E-state index in [4.69, 9.17) is 9.84 Å². The zero-order valence-electron chi connectivity index (χ0n) is 18.2. The lowest BCUT2D eigenvalue weighted by atomic mass is 9.81. The van der Waals surface area contributed by atoms with Crippen molar-refractivity contribution in [3.05, 3.63) is 41.2 Å². The van der Waals surface area contributed by atoms with Gasteiger partial charge in [-0.2, -0.15) is 13.2 Å². The summed E-state index contributed by atoms with van der Waals surface area (Å²) in [5, 5.41) is 14.8. The van der Waals surface area contributed by atoms with Gasteiger partial charge in [-0.3, -0.25) is 4.79 Å². The first kappa shape index (κ1) is 24.3. The van der Waals surface area contributed by atoms with Gasteiger partial charge in [-0.05, 0) is 43.4 Å². The summed E-state index contributed by atoms with van der Waals surface area (Å²) in [7, 11) is 1.34. The van der Waals surface area contributed by atoms with Gasteiger partial charge < -0.3 is 20.5 Å². The fourth-order valence-corrected chi connectivity index (χ4v) is 4.07. The highest BCUT2D eigenvalue weighted by Gasteiger charge is 2.37. The fourth-order valence-electron chi connectivity index (χ4n) is 4.07. The third-order valence-corrected chi connectivity index (χ3v) is 5.62. The van der Waals surface area contributed by atoms with Crippen molar-refractivity contribution in [3.63, 3.8) is 0 Å². The molecule has 0 unspecified atom stereocenters. The average Bonchev–Trinajstić information content (AvgIpc) is 2.74. The second kappa shape index (κ2) is 10.1. The lowest BCUT2D eigenvalue weighted by Crippen LogP contribution is -2.42. The molecule has 1 aliphatic carbocycles. The molecule has 2 atom stereocenters. The molecular formula is C22H25F3N4O4. The smallest absolute Gasteiger partial charge is 0.419 e. The number of amides is 1. The Hall–Kier alpha value is -3.37. The molecule has 1 amide bonds. The van der Waals surface area contributed by atoms with Crippen molar-refractivity contribution in [3.8, 4) is 5.75 Å². The van der Waals surface area contributed by atoms with Crippen molar-refractivity contribution >= 4 is 23.5 Å². The van der Waals surface area contributed by atoms with Crippen molar-refractivity contribution in [1.82, 2.24) is 15.3 Å². The van der Waals surface area contributed by atoms with E-state index in [0.717, 1.165) is 19.0 Å². The molecule has 3 N–H and O–H groups in total. The molecule has 0 bridgehead atoms. The normalized spacial score (nSPS) is 18.5. The Morgan fingerprint density at radius 3 is 2.61 bits per heavy atom. The molecule has 1 fully saturated rings. The maximum atomic E-state index is 13.7. The third kappa shape index (κ3) is 6.11. The van der Waals surface area contributed by atoms with E-state index in [-0.39, 0.29) is 47.2 Å². The van der Waals surface area contributed by atoms with Crippen LogP contribution >= 0.6 is 0 Å². The summed E-state index contributed by atoms with van der Waals surface area (Å²) in [6.07, 6.45) is -0.714. The fraction of sp³-hybridized carbons (Fsp3) is 0.455. The summed E-state index contributed by atoms with van der Waals surface area (Å²) in [5.74, 6) is -1.45. The number of halogens is 3.